The van der Waals surface area contributed by atoms with E-state index in [2.05, 4.69) is 20.1 Å². The molecule has 34 heavy (non-hydrogen) atoms. The van der Waals surface area contributed by atoms with Crippen LogP contribution in [0, 0.1) is 11.3 Å². The quantitative estimate of drug-likeness (QED) is 0.364. The maximum atomic E-state index is 15.4. The number of Topliss-reactive ketones (excluding diaryl/α,β-unsaturated/α-hetero) is 1. The standard InChI is InChI=1S/C30H43FO3/c1-7-15-29(33)19-17-28(18-20-29)16-14-25(27(28)32)11-8-24-9-12-26(13-10-24)34-23(6)30(31,21(2)3)22(4)5/h9-10,12-13,23,25,33H,2,4,7-8,11,14-20H2,1,3,5-6H3. The van der Waals surface area contributed by atoms with Crippen molar-refractivity contribution in [3.63, 3.8) is 0 Å². The number of carbonyl (C=O) groups excluding carboxylic acids is 1. The van der Waals surface area contributed by atoms with Crippen LogP contribution in [0.5, 0.6) is 5.75 Å². The highest BCUT2D eigenvalue weighted by Gasteiger charge is 2.51. The number of carbonyl (C=O) groups is 1. The van der Waals surface area contributed by atoms with Crippen LogP contribution in [0.1, 0.15) is 91.0 Å². The minimum absolute atomic E-state index is 0.117. The molecule has 3 nitrogen and oxygen atoms in total. The van der Waals surface area contributed by atoms with Gasteiger partial charge in [0.1, 0.15) is 17.6 Å². The second kappa shape index (κ2) is 10.4. The van der Waals surface area contributed by atoms with Gasteiger partial charge in [0.2, 0.25) is 0 Å². The summed E-state index contributed by atoms with van der Waals surface area (Å²) in [6, 6.07) is 7.75. The van der Waals surface area contributed by atoms with Crippen molar-refractivity contribution in [3.05, 3.63) is 54.1 Å². The van der Waals surface area contributed by atoms with E-state index < -0.39 is 17.4 Å². The number of ketones is 1. The molecule has 2 unspecified atom stereocenters. The van der Waals surface area contributed by atoms with Crippen LogP contribution in [0.2, 0.25) is 0 Å². The van der Waals surface area contributed by atoms with Crippen LogP contribution in [0.3, 0.4) is 0 Å². The van der Waals surface area contributed by atoms with Crippen LogP contribution >= 0.6 is 0 Å². The number of aryl methyl sites for hydroxylation is 1. The van der Waals surface area contributed by atoms with Gasteiger partial charge in [-0.1, -0.05) is 38.6 Å². The Morgan fingerprint density at radius 3 is 2.26 bits per heavy atom. The second-order valence-electron chi connectivity index (χ2n) is 11.1. The zero-order valence-electron chi connectivity index (χ0n) is 21.6. The molecule has 1 N–H and O–H groups in total. The van der Waals surface area contributed by atoms with E-state index in [0.717, 1.165) is 69.8 Å². The second-order valence-corrected chi connectivity index (χ2v) is 11.1. The summed E-state index contributed by atoms with van der Waals surface area (Å²) in [7, 11) is 0. The number of alkyl halides is 1. The molecule has 3 rings (SSSR count). The van der Waals surface area contributed by atoms with Crippen LogP contribution < -0.4 is 4.74 Å². The summed E-state index contributed by atoms with van der Waals surface area (Å²) in [5.41, 5.74) is -0.601. The van der Waals surface area contributed by atoms with Gasteiger partial charge in [-0.05, 0) is 107 Å². The minimum Gasteiger partial charge on any atom is -0.487 e. The molecule has 0 radical (unpaired) electrons. The molecule has 0 heterocycles. The molecule has 188 valence electrons. The Balaban J connectivity index is 1.54. The van der Waals surface area contributed by atoms with E-state index in [-0.39, 0.29) is 11.3 Å². The topological polar surface area (TPSA) is 46.5 Å². The summed E-state index contributed by atoms with van der Waals surface area (Å²) >= 11 is 0. The van der Waals surface area contributed by atoms with Crippen LogP contribution in [0.4, 0.5) is 4.39 Å². The van der Waals surface area contributed by atoms with Crippen LogP contribution in [0.25, 0.3) is 0 Å². The molecule has 1 aromatic rings. The van der Waals surface area contributed by atoms with Gasteiger partial charge in [-0.2, -0.15) is 0 Å². The Bertz CT molecular complexity index is 878. The number of rotatable bonds is 10. The van der Waals surface area contributed by atoms with E-state index in [0.29, 0.717) is 22.7 Å². The monoisotopic (exact) mass is 470 g/mol. The summed E-state index contributed by atoms with van der Waals surface area (Å²) in [4.78, 5) is 13.3. The van der Waals surface area contributed by atoms with E-state index >= 15 is 4.39 Å². The van der Waals surface area contributed by atoms with Gasteiger partial charge in [-0.15, -0.1) is 0 Å². The highest BCUT2D eigenvalue weighted by Crippen LogP contribution is 2.52. The van der Waals surface area contributed by atoms with Gasteiger partial charge in [0, 0.05) is 11.3 Å². The molecule has 0 bridgehead atoms. The summed E-state index contributed by atoms with van der Waals surface area (Å²) in [5, 5.41) is 10.7. The Morgan fingerprint density at radius 1 is 1.15 bits per heavy atom. The molecular weight excluding hydrogens is 427 g/mol. The van der Waals surface area contributed by atoms with Gasteiger partial charge >= 0.3 is 0 Å². The zero-order valence-corrected chi connectivity index (χ0v) is 21.6. The van der Waals surface area contributed by atoms with E-state index in [4.69, 9.17) is 4.74 Å². The van der Waals surface area contributed by atoms with Crippen molar-refractivity contribution in [1.82, 2.24) is 0 Å². The summed E-state index contributed by atoms with van der Waals surface area (Å²) < 4.78 is 21.3. The van der Waals surface area contributed by atoms with E-state index in [1.165, 1.54) is 0 Å². The molecule has 2 fully saturated rings. The van der Waals surface area contributed by atoms with Gasteiger partial charge in [0.15, 0.2) is 5.67 Å². The lowest BCUT2D eigenvalue weighted by Gasteiger charge is -2.41. The highest BCUT2D eigenvalue weighted by atomic mass is 19.1. The van der Waals surface area contributed by atoms with Gasteiger partial charge in [0.05, 0.1) is 5.60 Å². The molecule has 2 aliphatic carbocycles. The first kappa shape index (κ1) is 26.7. The fourth-order valence-electron chi connectivity index (χ4n) is 6.24. The Kier molecular flexibility index (Phi) is 8.12. The lowest BCUT2D eigenvalue weighted by Crippen LogP contribution is -2.41. The molecule has 2 aliphatic rings. The van der Waals surface area contributed by atoms with E-state index in [1.54, 1.807) is 20.8 Å². The van der Waals surface area contributed by atoms with Crippen molar-refractivity contribution in [3.8, 4) is 5.75 Å². The normalized spacial score (nSPS) is 28.2. The number of aliphatic hydroxyl groups is 1. The smallest absolute Gasteiger partial charge is 0.188 e. The number of hydrogen-bond acceptors (Lipinski definition) is 3. The highest BCUT2D eigenvalue weighted by molar-refractivity contribution is 5.89. The zero-order chi connectivity index (χ0) is 25.1. The molecule has 2 saturated carbocycles. The van der Waals surface area contributed by atoms with Crippen LogP contribution in [0.15, 0.2) is 48.6 Å². The first-order chi connectivity index (χ1) is 16.0. The van der Waals surface area contributed by atoms with Gasteiger partial charge < -0.3 is 9.84 Å². The first-order valence-corrected chi connectivity index (χ1v) is 13.0. The van der Waals surface area contributed by atoms with Gasteiger partial charge in [-0.3, -0.25) is 4.79 Å². The first-order valence-electron chi connectivity index (χ1n) is 13.0. The molecule has 0 aromatic heterocycles. The average molecular weight is 471 g/mol. The minimum atomic E-state index is -1.77. The number of benzene rings is 1. The SMILES string of the molecule is C=C(C)C(F)(C(=C)C)C(C)Oc1ccc(CCC2CCC3(CCC(O)(CCC)CC3)C2=O)cc1. The molecule has 2 atom stereocenters. The Hall–Kier alpha value is -1.94. The van der Waals surface area contributed by atoms with Crippen LogP contribution in [-0.4, -0.2) is 28.3 Å². The Morgan fingerprint density at radius 2 is 1.74 bits per heavy atom. The number of ether oxygens (including phenoxy) is 1. The average Bonchev–Trinajstić information content (AvgIpc) is 3.10. The van der Waals surface area contributed by atoms with E-state index in [9.17, 15) is 9.90 Å². The number of halogens is 1. The van der Waals surface area contributed by atoms with Crippen molar-refractivity contribution < 1.29 is 19.0 Å². The molecule has 0 aliphatic heterocycles. The molecule has 1 spiro atoms. The van der Waals surface area contributed by atoms with Gasteiger partial charge in [-0.25, -0.2) is 4.39 Å². The fourth-order valence-corrected chi connectivity index (χ4v) is 6.24. The molecule has 0 amide bonds. The van der Waals surface area contributed by atoms with Crippen LogP contribution in [-0.2, 0) is 11.2 Å². The summed E-state index contributed by atoms with van der Waals surface area (Å²) in [6.07, 6.45) is 7.93. The maximum absolute atomic E-state index is 15.4. The Labute approximate surface area is 205 Å². The van der Waals surface area contributed by atoms with Crippen molar-refractivity contribution >= 4 is 5.78 Å². The molecule has 1 aromatic carbocycles. The predicted molar refractivity (Wildman–Crippen MR) is 137 cm³/mol. The lowest BCUT2D eigenvalue weighted by atomic mass is 9.65. The number of hydrogen-bond donors (Lipinski definition) is 1. The summed E-state index contributed by atoms with van der Waals surface area (Å²) in [5.74, 6) is 1.16. The largest absolute Gasteiger partial charge is 0.487 e. The third kappa shape index (κ3) is 5.32. The third-order valence-electron chi connectivity index (χ3n) is 8.54. The predicted octanol–water partition coefficient (Wildman–Crippen LogP) is 7.32. The van der Waals surface area contributed by atoms with Crippen molar-refractivity contribution in [1.29, 1.82) is 0 Å². The fraction of sp³-hybridized carbons (Fsp3) is 0.633. The van der Waals surface area contributed by atoms with Crippen molar-refractivity contribution in [2.75, 3.05) is 0 Å². The summed E-state index contributed by atoms with van der Waals surface area (Å²) in [6.45, 7) is 14.7. The molecule has 0 saturated heterocycles. The molecular formula is C30H43FO3. The maximum Gasteiger partial charge on any atom is 0.188 e. The third-order valence-corrected chi connectivity index (χ3v) is 8.54. The van der Waals surface area contributed by atoms with Gasteiger partial charge in [0.25, 0.3) is 0 Å². The lowest BCUT2D eigenvalue weighted by molar-refractivity contribution is -0.134. The molecule has 4 heteroatoms. The van der Waals surface area contributed by atoms with Crippen molar-refractivity contribution in [2.45, 2.75) is 109 Å². The van der Waals surface area contributed by atoms with Crippen molar-refractivity contribution in [2.24, 2.45) is 11.3 Å². The van der Waals surface area contributed by atoms with E-state index in [1.807, 2.05) is 24.3 Å².